The van der Waals surface area contributed by atoms with Gasteiger partial charge in [-0.15, -0.1) is 0 Å². The lowest BCUT2D eigenvalue weighted by Gasteiger charge is -2.26. The highest BCUT2D eigenvalue weighted by molar-refractivity contribution is 6.46. The predicted molar refractivity (Wildman–Crippen MR) is 109 cm³/mol. The van der Waals surface area contributed by atoms with Gasteiger partial charge in [-0.25, -0.2) is 0 Å². The van der Waals surface area contributed by atoms with Crippen molar-refractivity contribution in [3.63, 3.8) is 0 Å². The van der Waals surface area contributed by atoms with Crippen molar-refractivity contribution in [3.05, 3.63) is 69.3 Å². The van der Waals surface area contributed by atoms with E-state index in [-0.39, 0.29) is 23.4 Å². The van der Waals surface area contributed by atoms with Gasteiger partial charge in [-0.1, -0.05) is 0 Å². The normalized spacial score (nSPS) is 17.6. The summed E-state index contributed by atoms with van der Waals surface area (Å²) in [6.07, 6.45) is 0. The molecule has 1 amide bonds. The van der Waals surface area contributed by atoms with Crippen LogP contribution in [-0.4, -0.2) is 59.1 Å². The summed E-state index contributed by atoms with van der Waals surface area (Å²) in [5.74, 6) is -1.53. The second-order valence-electron chi connectivity index (χ2n) is 6.63. The molecular weight excluding hydrogens is 408 g/mol. The number of β-amino-alcohol motifs (C(OH)–C–C–N with tert-alkyl or cyclic N) is 1. The number of hydrogen-bond acceptors (Lipinski definition) is 8. The van der Waals surface area contributed by atoms with E-state index in [0.717, 1.165) is 4.90 Å². The van der Waals surface area contributed by atoms with E-state index in [0.29, 0.717) is 17.1 Å². The highest BCUT2D eigenvalue weighted by Gasteiger charge is 2.46. The number of aliphatic hydroxyl groups is 2. The minimum Gasteiger partial charge on any atom is -0.507 e. The van der Waals surface area contributed by atoms with Crippen LogP contribution >= 0.6 is 0 Å². The Morgan fingerprint density at radius 1 is 1.13 bits per heavy atom. The third-order valence-corrected chi connectivity index (χ3v) is 4.97. The van der Waals surface area contributed by atoms with Crippen LogP contribution in [0.15, 0.2) is 48.0 Å². The standard InChI is InChI=1S/C21H20N2O8/c1-30-14-7-8-15(16(11-14)31-2)18-17(20(26)21(27)22(18)9-10-24)19(25)12-3-5-13(6-4-12)23(28)29/h3-8,11,18,24-25H,9-10H2,1-2H3/t18-/m0/s1. The van der Waals surface area contributed by atoms with Gasteiger partial charge in [0, 0.05) is 35.9 Å². The lowest BCUT2D eigenvalue weighted by molar-refractivity contribution is -0.384. The number of nitrogens with zero attached hydrogens (tertiary/aromatic N) is 2. The third kappa shape index (κ3) is 3.92. The third-order valence-electron chi connectivity index (χ3n) is 4.97. The minimum atomic E-state index is -1.04. The number of carbonyl (C=O) groups is 2. The maximum Gasteiger partial charge on any atom is 0.295 e. The predicted octanol–water partition coefficient (Wildman–Crippen LogP) is 2.03. The maximum atomic E-state index is 12.8. The van der Waals surface area contributed by atoms with Crippen molar-refractivity contribution >= 4 is 23.1 Å². The Morgan fingerprint density at radius 3 is 2.35 bits per heavy atom. The van der Waals surface area contributed by atoms with Gasteiger partial charge in [0.15, 0.2) is 0 Å². The zero-order valence-corrected chi connectivity index (χ0v) is 16.8. The van der Waals surface area contributed by atoms with Gasteiger partial charge in [-0.3, -0.25) is 19.7 Å². The molecule has 1 aliphatic rings. The largest absolute Gasteiger partial charge is 0.507 e. The molecule has 2 N–H and O–H groups in total. The van der Waals surface area contributed by atoms with Gasteiger partial charge in [0.25, 0.3) is 17.4 Å². The molecule has 0 unspecified atom stereocenters. The second-order valence-corrected chi connectivity index (χ2v) is 6.63. The molecule has 31 heavy (non-hydrogen) atoms. The van der Waals surface area contributed by atoms with Crippen molar-refractivity contribution in [3.8, 4) is 11.5 Å². The molecule has 10 heteroatoms. The molecule has 0 radical (unpaired) electrons. The highest BCUT2D eigenvalue weighted by Crippen LogP contribution is 2.43. The zero-order valence-electron chi connectivity index (χ0n) is 16.8. The van der Waals surface area contributed by atoms with Crippen molar-refractivity contribution in [2.24, 2.45) is 0 Å². The lowest BCUT2D eigenvalue weighted by atomic mass is 9.94. The van der Waals surface area contributed by atoms with Crippen molar-refractivity contribution in [1.29, 1.82) is 0 Å². The average Bonchev–Trinajstić information content (AvgIpc) is 3.03. The molecule has 1 saturated heterocycles. The summed E-state index contributed by atoms with van der Waals surface area (Å²) in [4.78, 5) is 36.9. The fourth-order valence-electron chi connectivity index (χ4n) is 3.48. The molecule has 0 aromatic heterocycles. The number of Topliss-reactive ketones (excluding diaryl/α,β-unsaturated/α-hetero) is 1. The number of aliphatic hydroxyl groups excluding tert-OH is 2. The molecule has 1 heterocycles. The quantitative estimate of drug-likeness (QED) is 0.224. The highest BCUT2D eigenvalue weighted by atomic mass is 16.6. The van der Waals surface area contributed by atoms with E-state index in [9.17, 15) is 29.9 Å². The fourth-order valence-corrected chi connectivity index (χ4v) is 3.48. The molecule has 2 aromatic carbocycles. The number of rotatable bonds is 7. The van der Waals surface area contributed by atoms with Crippen molar-refractivity contribution < 1.29 is 34.2 Å². The topological polar surface area (TPSA) is 139 Å². The molecule has 1 fully saturated rings. The Labute approximate surface area is 177 Å². The van der Waals surface area contributed by atoms with Crippen LogP contribution in [0.3, 0.4) is 0 Å². The fraction of sp³-hybridized carbons (Fsp3) is 0.238. The summed E-state index contributed by atoms with van der Waals surface area (Å²) >= 11 is 0. The van der Waals surface area contributed by atoms with E-state index in [1.165, 1.54) is 38.5 Å². The first-order chi connectivity index (χ1) is 14.8. The van der Waals surface area contributed by atoms with Crippen LogP contribution in [0.2, 0.25) is 0 Å². The number of hydrogen-bond donors (Lipinski definition) is 2. The van der Waals surface area contributed by atoms with Crippen LogP contribution in [0.1, 0.15) is 17.2 Å². The van der Waals surface area contributed by atoms with Gasteiger partial charge >= 0.3 is 0 Å². The van der Waals surface area contributed by atoms with Gasteiger partial charge in [-0.05, 0) is 24.3 Å². The smallest absolute Gasteiger partial charge is 0.295 e. The number of ether oxygens (including phenoxy) is 2. The van der Waals surface area contributed by atoms with E-state index >= 15 is 0 Å². The van der Waals surface area contributed by atoms with Gasteiger partial charge in [0.05, 0.1) is 37.4 Å². The number of benzene rings is 2. The van der Waals surface area contributed by atoms with Crippen molar-refractivity contribution in [1.82, 2.24) is 4.90 Å². The Balaban J connectivity index is 2.21. The first kappa shape index (κ1) is 21.8. The van der Waals surface area contributed by atoms with Crippen LogP contribution in [0, 0.1) is 10.1 Å². The molecule has 2 aromatic rings. The van der Waals surface area contributed by atoms with Crippen LogP contribution in [0.5, 0.6) is 11.5 Å². The number of nitro benzene ring substituents is 1. The van der Waals surface area contributed by atoms with E-state index in [1.54, 1.807) is 18.2 Å². The maximum absolute atomic E-state index is 12.8. The van der Waals surface area contributed by atoms with Crippen molar-refractivity contribution in [2.75, 3.05) is 27.4 Å². The first-order valence-corrected chi connectivity index (χ1v) is 9.20. The van der Waals surface area contributed by atoms with Crippen LogP contribution in [0.25, 0.3) is 5.76 Å². The summed E-state index contributed by atoms with van der Waals surface area (Å²) in [5.41, 5.74) is 0.130. The molecule has 0 saturated carbocycles. The molecular formula is C21H20N2O8. The van der Waals surface area contributed by atoms with E-state index in [1.807, 2.05) is 0 Å². The monoisotopic (exact) mass is 428 g/mol. The molecule has 3 rings (SSSR count). The number of nitro groups is 1. The molecule has 0 spiro atoms. The van der Waals surface area contributed by atoms with Crippen LogP contribution < -0.4 is 9.47 Å². The zero-order chi connectivity index (χ0) is 22.7. The minimum absolute atomic E-state index is 0.130. The number of ketones is 1. The number of carbonyl (C=O) groups excluding carboxylic acids is 2. The Hall–Kier alpha value is -3.92. The Kier molecular flexibility index (Phi) is 6.21. The van der Waals surface area contributed by atoms with E-state index in [2.05, 4.69) is 0 Å². The number of amides is 1. The number of non-ortho nitro benzene ring substituents is 1. The van der Waals surface area contributed by atoms with E-state index in [4.69, 9.17) is 9.47 Å². The molecule has 10 nitrogen and oxygen atoms in total. The van der Waals surface area contributed by atoms with Crippen LogP contribution in [0.4, 0.5) is 5.69 Å². The van der Waals surface area contributed by atoms with Gasteiger partial charge < -0.3 is 24.6 Å². The molecule has 0 bridgehead atoms. The summed E-state index contributed by atoms with van der Waals surface area (Å²) in [6.45, 7) is -0.555. The summed E-state index contributed by atoms with van der Waals surface area (Å²) in [7, 11) is 2.88. The Morgan fingerprint density at radius 2 is 1.81 bits per heavy atom. The SMILES string of the molecule is COc1ccc([C@H]2C(=C(O)c3ccc([N+](=O)[O-])cc3)C(=O)C(=O)N2CCO)c(OC)c1. The van der Waals surface area contributed by atoms with Gasteiger partial charge in [0.1, 0.15) is 17.3 Å². The molecule has 162 valence electrons. The van der Waals surface area contributed by atoms with Crippen molar-refractivity contribution in [2.45, 2.75) is 6.04 Å². The lowest BCUT2D eigenvalue weighted by Crippen LogP contribution is -2.32. The van der Waals surface area contributed by atoms with Crippen LogP contribution in [-0.2, 0) is 9.59 Å². The molecule has 1 atom stereocenters. The summed E-state index contributed by atoms with van der Waals surface area (Å²) < 4.78 is 10.6. The number of likely N-dealkylation sites (tertiary alicyclic amines) is 1. The first-order valence-electron chi connectivity index (χ1n) is 9.20. The second kappa shape index (κ2) is 8.84. The summed E-state index contributed by atoms with van der Waals surface area (Å²) in [6, 6.07) is 8.68. The Bertz CT molecular complexity index is 1060. The average molecular weight is 428 g/mol. The summed E-state index contributed by atoms with van der Waals surface area (Å²) in [5, 5.41) is 31.2. The van der Waals surface area contributed by atoms with E-state index < -0.39 is 35.0 Å². The van der Waals surface area contributed by atoms with Gasteiger partial charge in [-0.2, -0.15) is 0 Å². The molecule has 1 aliphatic heterocycles. The molecule has 0 aliphatic carbocycles. The number of methoxy groups -OCH3 is 2. The van der Waals surface area contributed by atoms with Gasteiger partial charge in [0.2, 0.25) is 0 Å².